The molecule has 1 heterocycles. The van der Waals surface area contributed by atoms with Crippen LogP contribution < -0.4 is 49.9 Å². The van der Waals surface area contributed by atoms with Gasteiger partial charge in [0.25, 0.3) is 0 Å². The maximum absolute atomic E-state index is 13.7. The van der Waals surface area contributed by atoms with Crippen molar-refractivity contribution in [3.63, 3.8) is 0 Å². The van der Waals surface area contributed by atoms with Gasteiger partial charge in [-0.1, -0.05) is 46.0 Å². The van der Waals surface area contributed by atoms with Crippen LogP contribution in [-0.4, -0.2) is 102 Å². The minimum absolute atomic E-state index is 0.0299. The molecule has 0 spiro atoms. The molecule has 5 atom stereocenters. The predicted octanol–water partition coefficient (Wildman–Crippen LogP) is -2.30. The molecule has 2 fully saturated rings. The first kappa shape index (κ1) is 42.7. The Morgan fingerprint density at radius 1 is 0.784 bits per heavy atom. The van der Waals surface area contributed by atoms with E-state index in [1.807, 2.05) is 13.8 Å². The fraction of sp³-hybridized carbons (Fsp3) is 0.758. The van der Waals surface area contributed by atoms with Gasteiger partial charge in [-0.3, -0.25) is 38.6 Å². The van der Waals surface area contributed by atoms with Crippen LogP contribution in [0.5, 0.6) is 0 Å². The number of aliphatic imine (C=N–C) groups is 1. The molecule has 0 bridgehead atoms. The standard InChI is InChI=1S/C33H59N11O7/c1-19(2)16-23(40-27(46)13-12-20-8-4-3-5-9-20)30(49)43-24(18-34)32(51)44-15-7-11-25(44)31(50)41-21(10-6-14-39-33(37)38)29(48)42-22(28(36)47)17-26(35)45/h19-25H,3-18,34H2,1-2H3,(H2,35,45)(H2,36,47)(H,40,46)(H,41,50)(H,42,48)(H,43,49)(H4,37,38,39)/t21-,22-,23-,24-,25-/m0/s1. The van der Waals surface area contributed by atoms with Crippen molar-refractivity contribution in [2.45, 2.75) is 128 Å². The maximum Gasteiger partial charge on any atom is 0.247 e. The summed E-state index contributed by atoms with van der Waals surface area (Å²) in [6, 6.07) is -5.68. The second kappa shape index (κ2) is 21.7. The molecular weight excluding hydrogens is 662 g/mol. The predicted molar refractivity (Wildman–Crippen MR) is 190 cm³/mol. The van der Waals surface area contributed by atoms with Crippen LogP contribution in [0.1, 0.15) is 97.3 Å². The summed E-state index contributed by atoms with van der Waals surface area (Å²) in [4.78, 5) is 95.3. The molecule has 1 aliphatic heterocycles. The van der Waals surface area contributed by atoms with Crippen LogP contribution in [-0.2, 0) is 33.6 Å². The van der Waals surface area contributed by atoms with Crippen molar-refractivity contribution in [1.82, 2.24) is 26.2 Å². The van der Waals surface area contributed by atoms with Crippen molar-refractivity contribution in [2.24, 2.45) is 45.5 Å². The van der Waals surface area contributed by atoms with Gasteiger partial charge in [-0.15, -0.1) is 0 Å². The Kier molecular flexibility index (Phi) is 18.1. The Bertz CT molecular complexity index is 1250. The van der Waals surface area contributed by atoms with E-state index in [4.69, 9.17) is 28.7 Å². The van der Waals surface area contributed by atoms with Crippen molar-refractivity contribution in [3.8, 4) is 0 Å². The number of nitrogens with one attached hydrogen (secondary N) is 4. The van der Waals surface area contributed by atoms with Gasteiger partial charge in [0, 0.05) is 26.1 Å². The summed E-state index contributed by atoms with van der Waals surface area (Å²) in [5.74, 6) is -4.27. The van der Waals surface area contributed by atoms with Gasteiger partial charge in [0.15, 0.2) is 5.96 Å². The van der Waals surface area contributed by atoms with Gasteiger partial charge >= 0.3 is 0 Å². The molecule has 7 amide bonds. The first-order valence-corrected chi connectivity index (χ1v) is 18.0. The molecule has 0 aromatic rings. The van der Waals surface area contributed by atoms with Crippen molar-refractivity contribution < 1.29 is 33.6 Å². The Hall–Kier alpha value is -4.48. The second-order valence-corrected chi connectivity index (χ2v) is 13.9. The van der Waals surface area contributed by atoms with Gasteiger partial charge in [0.2, 0.25) is 41.4 Å². The van der Waals surface area contributed by atoms with Crippen molar-refractivity contribution in [1.29, 1.82) is 0 Å². The topological polar surface area (TPSA) is 313 Å². The van der Waals surface area contributed by atoms with Crippen LogP contribution in [0.2, 0.25) is 0 Å². The van der Waals surface area contributed by atoms with E-state index in [0.29, 0.717) is 25.2 Å². The first-order valence-electron chi connectivity index (χ1n) is 18.0. The number of guanidine groups is 1. The zero-order valence-corrected chi connectivity index (χ0v) is 30.0. The molecule has 1 saturated heterocycles. The number of rotatable bonds is 21. The fourth-order valence-electron chi connectivity index (χ4n) is 6.51. The Morgan fingerprint density at radius 3 is 2.02 bits per heavy atom. The molecule has 18 heteroatoms. The molecule has 2 aliphatic rings. The molecule has 14 N–H and O–H groups in total. The quantitative estimate of drug-likeness (QED) is 0.0347. The molecule has 288 valence electrons. The lowest BCUT2D eigenvalue weighted by Gasteiger charge is -2.30. The van der Waals surface area contributed by atoms with Crippen LogP contribution in [0, 0.1) is 11.8 Å². The highest BCUT2D eigenvalue weighted by Crippen LogP contribution is 2.27. The molecule has 0 radical (unpaired) electrons. The summed E-state index contributed by atoms with van der Waals surface area (Å²) in [7, 11) is 0. The number of nitrogens with two attached hydrogens (primary N) is 5. The largest absolute Gasteiger partial charge is 0.370 e. The van der Waals surface area contributed by atoms with E-state index >= 15 is 0 Å². The summed E-state index contributed by atoms with van der Waals surface area (Å²) in [5.41, 5.74) is 27.2. The molecule has 0 aromatic heterocycles. The molecule has 0 aromatic carbocycles. The number of hydrogen-bond donors (Lipinski definition) is 9. The van der Waals surface area contributed by atoms with Gasteiger partial charge in [-0.05, 0) is 50.4 Å². The lowest BCUT2D eigenvalue weighted by atomic mass is 9.86. The highest BCUT2D eigenvalue weighted by atomic mass is 16.2. The van der Waals surface area contributed by atoms with Gasteiger partial charge < -0.3 is 54.8 Å². The number of likely N-dealkylation sites (tertiary alicyclic amines) is 1. The van der Waals surface area contributed by atoms with Gasteiger partial charge in [0.1, 0.15) is 30.2 Å². The van der Waals surface area contributed by atoms with E-state index in [1.54, 1.807) is 0 Å². The Morgan fingerprint density at radius 2 is 1.43 bits per heavy atom. The third-order valence-electron chi connectivity index (χ3n) is 9.20. The van der Waals surface area contributed by atoms with Crippen LogP contribution in [0.4, 0.5) is 0 Å². The molecule has 1 saturated carbocycles. The molecule has 0 unspecified atom stereocenters. The maximum atomic E-state index is 13.7. The number of nitrogens with zero attached hydrogens (tertiary/aromatic N) is 2. The number of carbonyl (C=O) groups excluding carboxylic acids is 7. The molecule has 2 rings (SSSR count). The Balaban J connectivity index is 2.12. The summed E-state index contributed by atoms with van der Waals surface area (Å²) < 4.78 is 0. The van der Waals surface area contributed by atoms with Gasteiger partial charge in [-0.25, -0.2) is 0 Å². The highest BCUT2D eigenvalue weighted by Gasteiger charge is 2.39. The minimum atomic E-state index is -1.41. The van der Waals surface area contributed by atoms with E-state index in [1.165, 1.54) is 24.2 Å². The van der Waals surface area contributed by atoms with Crippen LogP contribution in [0.25, 0.3) is 0 Å². The SMILES string of the molecule is CC(C)C[C@H](NC(=O)CCC1CCCCC1)C(=O)N[C@@H](CN)C(=O)N1CCC[C@H]1C(=O)N[C@@H](CCCN=C(N)N)C(=O)N[C@@H](CC(N)=O)C(N)=O. The van der Waals surface area contributed by atoms with Crippen LogP contribution >= 0.6 is 0 Å². The molecule has 1 aliphatic carbocycles. The van der Waals surface area contributed by atoms with Gasteiger partial charge in [-0.2, -0.15) is 0 Å². The molecular formula is C33H59N11O7. The zero-order chi connectivity index (χ0) is 38.1. The number of primary amides is 2. The summed E-state index contributed by atoms with van der Waals surface area (Å²) in [5, 5.41) is 10.5. The average Bonchev–Trinajstić information content (AvgIpc) is 3.57. The summed E-state index contributed by atoms with van der Waals surface area (Å²) in [6.45, 7) is 3.92. The van der Waals surface area contributed by atoms with Gasteiger partial charge in [0.05, 0.1) is 6.42 Å². The number of hydrogen-bond acceptors (Lipinski definition) is 9. The Labute approximate surface area is 299 Å². The average molecular weight is 722 g/mol. The minimum Gasteiger partial charge on any atom is -0.370 e. The van der Waals surface area contributed by atoms with Crippen LogP contribution in [0.3, 0.4) is 0 Å². The van der Waals surface area contributed by atoms with Crippen molar-refractivity contribution in [3.05, 3.63) is 0 Å². The van der Waals surface area contributed by atoms with Crippen molar-refractivity contribution >= 4 is 47.3 Å². The van der Waals surface area contributed by atoms with E-state index in [-0.39, 0.29) is 56.7 Å². The third-order valence-corrected chi connectivity index (χ3v) is 9.20. The van der Waals surface area contributed by atoms with E-state index in [9.17, 15) is 33.6 Å². The second-order valence-electron chi connectivity index (χ2n) is 13.9. The summed E-state index contributed by atoms with van der Waals surface area (Å²) >= 11 is 0. The number of carbonyl (C=O) groups is 7. The fourth-order valence-corrected chi connectivity index (χ4v) is 6.51. The van der Waals surface area contributed by atoms with Crippen molar-refractivity contribution in [2.75, 3.05) is 19.6 Å². The van der Waals surface area contributed by atoms with E-state index in [2.05, 4.69) is 26.3 Å². The van der Waals surface area contributed by atoms with E-state index < -0.39 is 72.1 Å². The third kappa shape index (κ3) is 15.1. The summed E-state index contributed by atoms with van der Waals surface area (Å²) in [6.07, 6.45) is 7.68. The van der Waals surface area contributed by atoms with E-state index in [0.717, 1.165) is 19.3 Å². The molecule has 18 nitrogen and oxygen atoms in total. The number of amides is 7. The lowest BCUT2D eigenvalue weighted by Crippen LogP contribution is -2.60. The normalized spacial score (nSPS) is 18.5. The first-order chi connectivity index (χ1) is 24.1. The highest BCUT2D eigenvalue weighted by molar-refractivity contribution is 5.97. The molecule has 51 heavy (non-hydrogen) atoms. The lowest BCUT2D eigenvalue weighted by molar-refractivity contribution is -0.142. The van der Waals surface area contributed by atoms with Crippen LogP contribution in [0.15, 0.2) is 4.99 Å². The zero-order valence-electron chi connectivity index (χ0n) is 30.0. The monoisotopic (exact) mass is 721 g/mol. The smallest absolute Gasteiger partial charge is 0.247 e.